The molecule has 122 valence electrons. The Balaban J connectivity index is 2.45. The number of hydrogen-bond donors (Lipinski definition) is 0. The molecule has 0 bridgehead atoms. The van der Waals surface area contributed by atoms with Gasteiger partial charge >= 0.3 is 6.18 Å². The van der Waals surface area contributed by atoms with E-state index in [1.807, 2.05) is 6.92 Å². The van der Waals surface area contributed by atoms with Crippen molar-refractivity contribution in [1.82, 2.24) is 0 Å². The Labute approximate surface area is 136 Å². The number of halogens is 4. The Bertz CT molecular complexity index is 739. The SMILES string of the molecule is CCc1cc(C=O)ccc1Oc1cc(C)c(Cl)c(C(F)(F)F)c1. The molecule has 0 unspecified atom stereocenters. The zero-order valence-electron chi connectivity index (χ0n) is 12.5. The number of carbonyl (C=O) groups excluding carboxylic acids is 1. The summed E-state index contributed by atoms with van der Waals surface area (Å²) in [6.07, 6.45) is -3.27. The smallest absolute Gasteiger partial charge is 0.417 e. The third kappa shape index (κ3) is 3.85. The molecule has 6 heteroatoms. The van der Waals surface area contributed by atoms with Crippen molar-refractivity contribution >= 4 is 17.9 Å². The molecular weight excluding hydrogens is 329 g/mol. The molecule has 0 saturated carbocycles. The number of aldehydes is 1. The molecule has 2 nitrogen and oxygen atoms in total. The van der Waals surface area contributed by atoms with Gasteiger partial charge < -0.3 is 4.74 Å². The van der Waals surface area contributed by atoms with Crippen molar-refractivity contribution < 1.29 is 22.7 Å². The van der Waals surface area contributed by atoms with Crippen molar-refractivity contribution in [3.05, 3.63) is 57.6 Å². The van der Waals surface area contributed by atoms with Gasteiger partial charge in [-0.3, -0.25) is 4.79 Å². The fraction of sp³-hybridized carbons (Fsp3) is 0.235. The van der Waals surface area contributed by atoms with Crippen molar-refractivity contribution in [3.8, 4) is 11.5 Å². The molecule has 0 aliphatic rings. The number of benzene rings is 2. The van der Waals surface area contributed by atoms with Crippen LogP contribution in [0.4, 0.5) is 13.2 Å². The van der Waals surface area contributed by atoms with Gasteiger partial charge in [0.1, 0.15) is 17.8 Å². The molecule has 0 aliphatic carbocycles. The van der Waals surface area contributed by atoms with E-state index in [9.17, 15) is 18.0 Å². The summed E-state index contributed by atoms with van der Waals surface area (Å²) >= 11 is 5.74. The van der Waals surface area contributed by atoms with Crippen LogP contribution in [0.2, 0.25) is 5.02 Å². The molecule has 23 heavy (non-hydrogen) atoms. The van der Waals surface area contributed by atoms with E-state index in [0.29, 0.717) is 24.0 Å². The van der Waals surface area contributed by atoms with Gasteiger partial charge in [0.05, 0.1) is 10.6 Å². The Kier molecular flexibility index (Phi) is 5.00. The van der Waals surface area contributed by atoms with Gasteiger partial charge in [-0.2, -0.15) is 13.2 Å². The average molecular weight is 343 g/mol. The fourth-order valence-corrected chi connectivity index (χ4v) is 2.39. The topological polar surface area (TPSA) is 26.3 Å². The van der Waals surface area contributed by atoms with E-state index in [2.05, 4.69) is 0 Å². The van der Waals surface area contributed by atoms with Gasteiger partial charge in [-0.05, 0) is 54.8 Å². The summed E-state index contributed by atoms with van der Waals surface area (Å²) in [5, 5.41) is -0.336. The molecular formula is C17H14ClF3O2. The summed E-state index contributed by atoms with van der Waals surface area (Å²) in [7, 11) is 0. The van der Waals surface area contributed by atoms with Crippen LogP contribution < -0.4 is 4.74 Å². The molecule has 2 aromatic carbocycles. The minimum absolute atomic E-state index is 0.0489. The third-order valence-electron chi connectivity index (χ3n) is 3.36. The lowest BCUT2D eigenvalue weighted by atomic mass is 10.1. The zero-order valence-corrected chi connectivity index (χ0v) is 13.3. The molecule has 2 aromatic rings. The van der Waals surface area contributed by atoms with Crippen LogP contribution in [-0.4, -0.2) is 6.29 Å². The van der Waals surface area contributed by atoms with Gasteiger partial charge in [0.15, 0.2) is 0 Å². The van der Waals surface area contributed by atoms with E-state index in [4.69, 9.17) is 16.3 Å². The van der Waals surface area contributed by atoms with Crippen molar-refractivity contribution in [3.63, 3.8) is 0 Å². The second-order valence-corrected chi connectivity index (χ2v) is 5.42. The van der Waals surface area contributed by atoms with E-state index in [1.54, 1.807) is 18.2 Å². The predicted molar refractivity (Wildman–Crippen MR) is 82.5 cm³/mol. The molecule has 0 fully saturated rings. The summed E-state index contributed by atoms with van der Waals surface area (Å²) in [6.45, 7) is 3.35. The van der Waals surface area contributed by atoms with Gasteiger partial charge in [-0.1, -0.05) is 18.5 Å². The van der Waals surface area contributed by atoms with Gasteiger partial charge in [-0.15, -0.1) is 0 Å². The lowest BCUT2D eigenvalue weighted by molar-refractivity contribution is -0.137. The molecule has 0 radical (unpaired) electrons. The molecule has 0 N–H and O–H groups in total. The number of rotatable bonds is 4. The largest absolute Gasteiger partial charge is 0.457 e. The first kappa shape index (κ1) is 17.3. The second-order valence-electron chi connectivity index (χ2n) is 5.04. The first-order valence-electron chi connectivity index (χ1n) is 6.89. The first-order chi connectivity index (χ1) is 10.8. The number of ether oxygens (including phenoxy) is 1. The number of aryl methyl sites for hydroxylation is 2. The van der Waals surface area contributed by atoms with Crippen LogP contribution in [-0.2, 0) is 12.6 Å². The van der Waals surface area contributed by atoms with Gasteiger partial charge in [-0.25, -0.2) is 0 Å². The standard InChI is InChI=1S/C17H14ClF3O2/c1-3-12-7-11(9-22)4-5-15(12)23-13-6-10(2)16(18)14(8-13)17(19,20)21/h4-9H,3H2,1-2H3. The highest BCUT2D eigenvalue weighted by Gasteiger charge is 2.34. The maximum atomic E-state index is 13.0. The number of hydrogen-bond acceptors (Lipinski definition) is 2. The van der Waals surface area contributed by atoms with Crippen molar-refractivity contribution in [2.24, 2.45) is 0 Å². The molecule has 0 saturated heterocycles. The molecule has 0 atom stereocenters. The van der Waals surface area contributed by atoms with Crippen LogP contribution in [0.15, 0.2) is 30.3 Å². The minimum atomic E-state index is -4.56. The Hall–Kier alpha value is -2.01. The summed E-state index contributed by atoms with van der Waals surface area (Å²) in [5.41, 5.74) is 0.559. The number of alkyl halides is 3. The van der Waals surface area contributed by atoms with Crippen molar-refractivity contribution in [2.75, 3.05) is 0 Å². The maximum absolute atomic E-state index is 13.0. The zero-order chi connectivity index (χ0) is 17.2. The fourth-order valence-electron chi connectivity index (χ4n) is 2.18. The van der Waals surface area contributed by atoms with Crippen LogP contribution in [0, 0.1) is 6.92 Å². The predicted octanol–water partition coefficient (Wildman–Crippen LogP) is 5.83. The third-order valence-corrected chi connectivity index (χ3v) is 3.86. The minimum Gasteiger partial charge on any atom is -0.457 e. The lowest BCUT2D eigenvalue weighted by Crippen LogP contribution is -2.07. The quantitative estimate of drug-likeness (QED) is 0.653. The molecule has 0 amide bonds. The average Bonchev–Trinajstić information content (AvgIpc) is 2.49. The normalized spacial score (nSPS) is 11.4. The van der Waals surface area contributed by atoms with E-state index in [0.717, 1.165) is 11.6 Å². The van der Waals surface area contributed by atoms with Crippen LogP contribution in [0.5, 0.6) is 11.5 Å². The summed E-state index contributed by atoms with van der Waals surface area (Å²) in [5.74, 6) is 0.459. The number of carbonyl (C=O) groups is 1. The Morgan fingerprint density at radius 3 is 2.48 bits per heavy atom. The van der Waals surface area contributed by atoms with Gasteiger partial charge in [0, 0.05) is 5.56 Å². The Morgan fingerprint density at radius 1 is 1.22 bits per heavy atom. The van der Waals surface area contributed by atoms with Crippen molar-refractivity contribution in [2.45, 2.75) is 26.4 Å². The molecule has 0 spiro atoms. The van der Waals surface area contributed by atoms with Gasteiger partial charge in [0.25, 0.3) is 0 Å². The maximum Gasteiger partial charge on any atom is 0.417 e. The first-order valence-corrected chi connectivity index (χ1v) is 7.27. The van der Waals surface area contributed by atoms with Crippen LogP contribution in [0.25, 0.3) is 0 Å². The van der Waals surface area contributed by atoms with E-state index in [-0.39, 0.29) is 16.3 Å². The molecule has 0 heterocycles. The summed E-state index contributed by atoms with van der Waals surface area (Å²) in [6, 6.07) is 7.09. The van der Waals surface area contributed by atoms with Crippen LogP contribution in [0.1, 0.15) is 34.0 Å². The molecule has 2 rings (SSSR count). The van der Waals surface area contributed by atoms with Crippen molar-refractivity contribution in [1.29, 1.82) is 0 Å². The van der Waals surface area contributed by atoms with E-state index >= 15 is 0 Å². The van der Waals surface area contributed by atoms with E-state index in [1.165, 1.54) is 13.0 Å². The summed E-state index contributed by atoms with van der Waals surface area (Å²) in [4.78, 5) is 10.8. The highest BCUT2D eigenvalue weighted by atomic mass is 35.5. The summed E-state index contributed by atoms with van der Waals surface area (Å²) < 4.78 is 44.6. The molecule has 0 aliphatic heterocycles. The Morgan fingerprint density at radius 2 is 1.91 bits per heavy atom. The highest BCUT2D eigenvalue weighted by molar-refractivity contribution is 6.32. The monoisotopic (exact) mass is 342 g/mol. The van der Waals surface area contributed by atoms with Crippen LogP contribution in [0.3, 0.4) is 0 Å². The molecule has 0 aromatic heterocycles. The van der Waals surface area contributed by atoms with Gasteiger partial charge in [0.2, 0.25) is 0 Å². The highest BCUT2D eigenvalue weighted by Crippen LogP contribution is 2.40. The lowest BCUT2D eigenvalue weighted by Gasteiger charge is -2.15. The van der Waals surface area contributed by atoms with E-state index < -0.39 is 11.7 Å². The van der Waals surface area contributed by atoms with Crippen LogP contribution >= 0.6 is 11.6 Å². The second kappa shape index (κ2) is 6.62.